The summed E-state index contributed by atoms with van der Waals surface area (Å²) in [6.45, 7) is 0. The van der Waals surface area contributed by atoms with Gasteiger partial charge in [0.1, 0.15) is 11.3 Å². The molecule has 0 amide bonds. The Morgan fingerprint density at radius 3 is 2.62 bits per heavy atom. The summed E-state index contributed by atoms with van der Waals surface area (Å²) in [6.07, 6.45) is 1.59. The number of furan rings is 1. The Kier molecular flexibility index (Phi) is 1.81. The zero-order valence-electron chi connectivity index (χ0n) is 6.84. The summed E-state index contributed by atoms with van der Waals surface area (Å²) in [6, 6.07) is 10.9. The van der Waals surface area contributed by atoms with Crippen molar-refractivity contribution in [2.75, 3.05) is 0 Å². The van der Waals surface area contributed by atoms with Crippen LogP contribution in [0.4, 0.5) is 5.69 Å². The molecule has 0 atom stereocenters. The molecule has 13 heavy (non-hydrogen) atoms. The van der Waals surface area contributed by atoms with Crippen molar-refractivity contribution >= 4 is 5.69 Å². The maximum atomic E-state index is 8.70. The predicted octanol–water partition coefficient (Wildman–Crippen LogP) is 3.43. The Balaban J connectivity index is 2.59. The van der Waals surface area contributed by atoms with Crippen LogP contribution in [-0.4, -0.2) is 0 Å². The molecule has 0 fully saturated rings. The minimum Gasteiger partial charge on any atom is -0.464 e. The Hall–Kier alpha value is -2.08. The summed E-state index contributed by atoms with van der Waals surface area (Å²) in [4.78, 5) is 3.17. The quantitative estimate of drug-likeness (QED) is 0.616. The van der Waals surface area contributed by atoms with Gasteiger partial charge in [-0.3, -0.25) is 0 Å². The third-order valence-electron chi connectivity index (χ3n) is 1.80. The number of hydrogen-bond donors (Lipinski definition) is 0. The largest absolute Gasteiger partial charge is 0.464 e. The monoisotopic (exact) mass is 171 g/mol. The van der Waals surface area contributed by atoms with E-state index in [2.05, 4.69) is 4.98 Å². The van der Waals surface area contributed by atoms with Gasteiger partial charge in [0.25, 0.3) is 0 Å². The minimum absolute atomic E-state index is 0.512. The van der Waals surface area contributed by atoms with Gasteiger partial charge in [-0.25, -0.2) is 0 Å². The first-order valence-corrected chi connectivity index (χ1v) is 3.90. The summed E-state index contributed by atoms with van der Waals surface area (Å²) < 4.78 is 5.19. The molecule has 3 nitrogen and oxygen atoms in total. The van der Waals surface area contributed by atoms with E-state index in [1.54, 1.807) is 18.4 Å². The second-order valence-corrected chi connectivity index (χ2v) is 2.59. The predicted molar refractivity (Wildman–Crippen MR) is 48.9 cm³/mol. The summed E-state index contributed by atoms with van der Waals surface area (Å²) in [5, 5.41) is 8.70. The van der Waals surface area contributed by atoms with Gasteiger partial charge in [0.05, 0.1) is 6.26 Å². The molecule has 0 saturated carbocycles. The van der Waals surface area contributed by atoms with Gasteiger partial charge < -0.3 is 4.42 Å². The van der Waals surface area contributed by atoms with Crippen LogP contribution < -0.4 is 0 Å². The fraction of sp³-hybridized carbons (Fsp3) is 0. The first kappa shape index (κ1) is 7.56. The van der Waals surface area contributed by atoms with Crippen molar-refractivity contribution in [2.24, 2.45) is 0 Å². The average molecular weight is 171 g/mol. The van der Waals surface area contributed by atoms with E-state index >= 15 is 0 Å². The fourth-order valence-electron chi connectivity index (χ4n) is 1.20. The Labute approximate surface area is 75.2 Å². The van der Waals surface area contributed by atoms with Gasteiger partial charge >= 0.3 is 5.69 Å². The Bertz CT molecular complexity index is 440. The molecule has 0 unspecified atom stereocenters. The van der Waals surface area contributed by atoms with Crippen molar-refractivity contribution < 1.29 is 4.42 Å². The van der Waals surface area contributed by atoms with Gasteiger partial charge in [-0.1, -0.05) is 12.1 Å². The summed E-state index contributed by atoms with van der Waals surface area (Å²) in [7, 11) is 0. The highest BCUT2D eigenvalue weighted by Crippen LogP contribution is 2.29. The normalized spacial score (nSPS) is 9.46. The first-order valence-electron chi connectivity index (χ1n) is 3.90. The van der Waals surface area contributed by atoms with Crippen LogP contribution in [0.25, 0.3) is 16.3 Å². The second kappa shape index (κ2) is 3.11. The molecule has 0 N–H and O–H groups in total. The summed E-state index contributed by atoms with van der Waals surface area (Å²) in [5.41, 5.74) is 1.30. The smallest absolute Gasteiger partial charge is 0.395 e. The number of nitrogens with zero attached hydrogens (tertiary/aromatic N) is 2. The third-order valence-corrected chi connectivity index (χ3v) is 1.80. The molecule has 2 rings (SSSR count). The van der Waals surface area contributed by atoms with E-state index in [9.17, 15) is 0 Å². The summed E-state index contributed by atoms with van der Waals surface area (Å²) in [5.74, 6) is 0.702. The van der Waals surface area contributed by atoms with Crippen molar-refractivity contribution in [3.63, 3.8) is 0 Å². The van der Waals surface area contributed by atoms with Crippen molar-refractivity contribution in [3.05, 3.63) is 47.6 Å². The van der Waals surface area contributed by atoms with Gasteiger partial charge in [0.15, 0.2) is 4.98 Å². The van der Waals surface area contributed by atoms with Crippen LogP contribution in [-0.2, 0) is 0 Å². The van der Waals surface area contributed by atoms with Crippen LogP contribution >= 0.6 is 0 Å². The molecule has 62 valence electrons. The zero-order valence-corrected chi connectivity index (χ0v) is 6.84. The van der Waals surface area contributed by atoms with Crippen molar-refractivity contribution in [1.29, 1.82) is 5.39 Å². The standard InChI is InChI=1S/C10H7N2O/c11-12-9-5-2-1-4-8(9)10-6-3-7-13-10/h1-7H/q+1. The van der Waals surface area contributed by atoms with Gasteiger partial charge in [-0.2, -0.15) is 0 Å². The SMILES string of the molecule is N#[N+]c1ccccc1-c1ccco1. The van der Waals surface area contributed by atoms with E-state index in [-0.39, 0.29) is 0 Å². The molecule has 1 aromatic carbocycles. The number of rotatable bonds is 1. The highest BCUT2D eigenvalue weighted by atomic mass is 16.3. The molecule has 2 aromatic rings. The molecule has 0 aliphatic rings. The lowest BCUT2D eigenvalue weighted by Crippen LogP contribution is -1.72. The second-order valence-electron chi connectivity index (χ2n) is 2.59. The summed E-state index contributed by atoms with van der Waals surface area (Å²) >= 11 is 0. The van der Waals surface area contributed by atoms with E-state index in [1.165, 1.54) is 0 Å². The molecule has 1 heterocycles. The molecule has 0 aliphatic heterocycles. The molecule has 0 radical (unpaired) electrons. The van der Waals surface area contributed by atoms with E-state index in [1.807, 2.05) is 24.3 Å². The van der Waals surface area contributed by atoms with Crippen LogP contribution in [0, 0.1) is 5.39 Å². The van der Waals surface area contributed by atoms with Crippen LogP contribution in [0.5, 0.6) is 0 Å². The van der Waals surface area contributed by atoms with E-state index in [0.29, 0.717) is 11.4 Å². The van der Waals surface area contributed by atoms with Gasteiger partial charge in [0, 0.05) is 6.07 Å². The molecule has 0 aliphatic carbocycles. The van der Waals surface area contributed by atoms with Crippen molar-refractivity contribution in [1.82, 2.24) is 0 Å². The Morgan fingerprint density at radius 1 is 1.08 bits per heavy atom. The third kappa shape index (κ3) is 1.30. The maximum absolute atomic E-state index is 8.70. The van der Waals surface area contributed by atoms with E-state index < -0.39 is 0 Å². The number of benzene rings is 1. The van der Waals surface area contributed by atoms with E-state index in [0.717, 1.165) is 5.56 Å². The molecular formula is C10H7N2O+. The van der Waals surface area contributed by atoms with Crippen LogP contribution in [0.2, 0.25) is 0 Å². The first-order chi connectivity index (χ1) is 6.42. The lowest BCUT2D eigenvalue weighted by Gasteiger charge is -1.90. The zero-order chi connectivity index (χ0) is 9.10. The van der Waals surface area contributed by atoms with E-state index in [4.69, 9.17) is 9.81 Å². The molecule has 0 spiro atoms. The van der Waals surface area contributed by atoms with Gasteiger partial charge in [0.2, 0.25) is 5.39 Å². The van der Waals surface area contributed by atoms with Crippen molar-refractivity contribution in [3.8, 4) is 11.3 Å². The average Bonchev–Trinajstić information content (AvgIpc) is 2.70. The fourth-order valence-corrected chi connectivity index (χ4v) is 1.20. The topological polar surface area (TPSA) is 41.3 Å². The highest BCUT2D eigenvalue weighted by Gasteiger charge is 2.15. The lowest BCUT2D eigenvalue weighted by molar-refractivity contribution is 0.582. The molecule has 0 saturated heterocycles. The van der Waals surface area contributed by atoms with Crippen LogP contribution in [0.15, 0.2) is 47.1 Å². The van der Waals surface area contributed by atoms with Gasteiger partial charge in [-0.05, 0) is 18.2 Å². The number of diazo groups is 1. The minimum atomic E-state index is 0.512. The molecular weight excluding hydrogens is 164 g/mol. The Morgan fingerprint density at radius 2 is 1.92 bits per heavy atom. The number of hydrogen-bond acceptors (Lipinski definition) is 2. The molecule has 3 heteroatoms. The highest BCUT2D eigenvalue weighted by molar-refractivity contribution is 5.74. The molecule has 1 aromatic heterocycles. The molecule has 0 bridgehead atoms. The van der Waals surface area contributed by atoms with Gasteiger partial charge in [-0.15, -0.1) is 0 Å². The van der Waals surface area contributed by atoms with Crippen LogP contribution in [0.1, 0.15) is 0 Å². The lowest BCUT2D eigenvalue weighted by atomic mass is 10.1. The van der Waals surface area contributed by atoms with Crippen LogP contribution in [0.3, 0.4) is 0 Å². The maximum Gasteiger partial charge on any atom is 0.395 e. The van der Waals surface area contributed by atoms with Crippen molar-refractivity contribution in [2.45, 2.75) is 0 Å².